The summed E-state index contributed by atoms with van der Waals surface area (Å²) in [6, 6.07) is 10.2. The fraction of sp³-hybridized carbons (Fsp3) is 0.400. The van der Waals surface area contributed by atoms with Gasteiger partial charge >= 0.3 is 0 Å². The number of fused-ring (bicyclic) bond motifs is 1. The van der Waals surface area contributed by atoms with Crippen molar-refractivity contribution in [3.8, 4) is 10.6 Å². The van der Waals surface area contributed by atoms with E-state index in [1.54, 1.807) is 11.3 Å². The van der Waals surface area contributed by atoms with E-state index in [0.717, 1.165) is 40.4 Å². The quantitative estimate of drug-likeness (QED) is 0.848. The van der Waals surface area contributed by atoms with Gasteiger partial charge in [-0.2, -0.15) is 0 Å². The predicted molar refractivity (Wildman–Crippen MR) is 87.7 cm³/mol. The van der Waals surface area contributed by atoms with Crippen LogP contribution in [-0.2, 0) is 6.42 Å². The fourth-order valence-electron chi connectivity index (χ4n) is 2.10. The van der Waals surface area contributed by atoms with Gasteiger partial charge in [-0.15, -0.1) is 23.7 Å². The van der Waals surface area contributed by atoms with Crippen molar-refractivity contribution in [3.63, 3.8) is 0 Å². The zero-order valence-corrected chi connectivity index (χ0v) is 13.4. The van der Waals surface area contributed by atoms with Crippen molar-refractivity contribution < 1.29 is 5.11 Å². The Hall–Kier alpha value is -0.940. The van der Waals surface area contributed by atoms with E-state index < -0.39 is 0 Å². The summed E-state index contributed by atoms with van der Waals surface area (Å²) in [5.74, 6) is 0. The number of halogens is 1. The third-order valence-corrected chi connectivity index (χ3v) is 4.19. The van der Waals surface area contributed by atoms with E-state index >= 15 is 0 Å². The largest absolute Gasteiger partial charge is 0.388 e. The highest BCUT2D eigenvalue weighted by molar-refractivity contribution is 7.15. The van der Waals surface area contributed by atoms with Crippen LogP contribution in [0.15, 0.2) is 30.3 Å². The molecule has 1 aromatic heterocycles. The van der Waals surface area contributed by atoms with Gasteiger partial charge in [0.1, 0.15) is 5.01 Å². The van der Waals surface area contributed by atoms with E-state index in [-0.39, 0.29) is 18.5 Å². The van der Waals surface area contributed by atoms with Gasteiger partial charge in [-0.25, -0.2) is 4.98 Å². The number of rotatable bonds is 1. The monoisotopic (exact) mass is 312 g/mol. The molecule has 0 saturated heterocycles. The van der Waals surface area contributed by atoms with Gasteiger partial charge in [0.25, 0.3) is 0 Å². The molecule has 1 atom stereocenters. The van der Waals surface area contributed by atoms with Gasteiger partial charge in [0, 0.05) is 5.56 Å². The first kappa shape index (κ1) is 17.1. The minimum absolute atomic E-state index is 0. The predicted octanol–water partition coefficient (Wildman–Crippen LogP) is 3.44. The van der Waals surface area contributed by atoms with Crippen molar-refractivity contribution in [2.75, 3.05) is 14.1 Å². The van der Waals surface area contributed by atoms with Gasteiger partial charge in [0.2, 0.25) is 0 Å². The molecule has 110 valence electrons. The maximum absolute atomic E-state index is 9.89. The second-order valence-corrected chi connectivity index (χ2v) is 5.63. The smallest absolute Gasteiger partial charge is 0.123 e. The Morgan fingerprint density at radius 2 is 1.90 bits per heavy atom. The third-order valence-electron chi connectivity index (χ3n) is 2.94. The van der Waals surface area contributed by atoms with Crippen LogP contribution in [0.1, 0.15) is 29.5 Å². The number of benzene rings is 1. The van der Waals surface area contributed by atoms with Gasteiger partial charge in [0.05, 0.1) is 16.7 Å². The topological polar surface area (TPSA) is 45.1 Å². The normalized spacial score (nSPS) is 16.4. The molecule has 1 aromatic carbocycles. The second-order valence-electron chi connectivity index (χ2n) is 4.60. The van der Waals surface area contributed by atoms with Crippen molar-refractivity contribution in [1.29, 1.82) is 0 Å². The number of aliphatic hydroxyl groups is 1. The zero-order valence-electron chi connectivity index (χ0n) is 11.8. The van der Waals surface area contributed by atoms with E-state index in [1.807, 2.05) is 32.3 Å². The lowest BCUT2D eigenvalue weighted by Gasteiger charge is -2.14. The molecule has 0 radical (unpaired) electrons. The Morgan fingerprint density at radius 3 is 2.50 bits per heavy atom. The molecule has 0 bridgehead atoms. The zero-order chi connectivity index (χ0) is 13.7. The summed E-state index contributed by atoms with van der Waals surface area (Å²) in [6.45, 7) is 0. The number of aliphatic hydroxyl groups excluding tert-OH is 1. The first-order chi connectivity index (χ1) is 9.26. The molecule has 2 aromatic rings. The highest BCUT2D eigenvalue weighted by Gasteiger charge is 2.22. The van der Waals surface area contributed by atoms with Crippen LogP contribution in [0.2, 0.25) is 0 Å². The maximum atomic E-state index is 9.89. The molecule has 5 heteroatoms. The van der Waals surface area contributed by atoms with Crippen molar-refractivity contribution in [2.45, 2.75) is 25.4 Å². The summed E-state index contributed by atoms with van der Waals surface area (Å²) in [4.78, 5) is 5.70. The van der Waals surface area contributed by atoms with Crippen LogP contribution >= 0.6 is 23.7 Å². The Bertz CT molecular complexity index is 516. The van der Waals surface area contributed by atoms with E-state index in [1.165, 1.54) is 0 Å². The summed E-state index contributed by atoms with van der Waals surface area (Å²) in [5, 5.41) is 13.7. The lowest BCUT2D eigenvalue weighted by atomic mass is 10.0. The molecule has 0 aliphatic heterocycles. The van der Waals surface area contributed by atoms with E-state index in [4.69, 9.17) is 0 Å². The van der Waals surface area contributed by atoms with Gasteiger partial charge in [-0.3, -0.25) is 0 Å². The molecule has 1 unspecified atom stereocenters. The van der Waals surface area contributed by atoms with Crippen LogP contribution in [0.5, 0.6) is 0 Å². The van der Waals surface area contributed by atoms with Crippen molar-refractivity contribution in [3.05, 3.63) is 40.9 Å². The van der Waals surface area contributed by atoms with Crippen LogP contribution in [0.4, 0.5) is 0 Å². The van der Waals surface area contributed by atoms with Crippen LogP contribution in [-0.4, -0.2) is 24.2 Å². The molecule has 2 N–H and O–H groups in total. The lowest BCUT2D eigenvalue weighted by Crippen LogP contribution is -2.06. The number of aryl methyl sites for hydroxylation is 1. The molecule has 1 aliphatic carbocycles. The molecular weight excluding hydrogens is 292 g/mol. The molecule has 0 spiro atoms. The van der Waals surface area contributed by atoms with Gasteiger partial charge in [0.15, 0.2) is 0 Å². The first-order valence-corrected chi connectivity index (χ1v) is 7.39. The highest BCUT2D eigenvalue weighted by atomic mass is 35.5. The van der Waals surface area contributed by atoms with Gasteiger partial charge < -0.3 is 10.4 Å². The maximum Gasteiger partial charge on any atom is 0.123 e. The summed E-state index contributed by atoms with van der Waals surface area (Å²) in [5.41, 5.74) is 2.25. The summed E-state index contributed by atoms with van der Waals surface area (Å²) in [7, 11) is 3.75. The fourth-order valence-corrected chi connectivity index (χ4v) is 3.24. The van der Waals surface area contributed by atoms with Crippen molar-refractivity contribution in [2.24, 2.45) is 0 Å². The standard InChI is InChI=1S/C13H13NOS.C2H7N.ClH/c15-11-8-4-7-10-12(11)16-13(14-10)9-5-2-1-3-6-9;1-3-2;/h1-3,5-6,11,15H,4,7-8H2;3H,1-2H3;1H. The molecular formula is C15H21ClN2OS. The first-order valence-electron chi connectivity index (χ1n) is 6.57. The molecule has 3 nitrogen and oxygen atoms in total. The van der Waals surface area contributed by atoms with Crippen LogP contribution in [0.25, 0.3) is 10.6 Å². The van der Waals surface area contributed by atoms with Crippen LogP contribution in [0.3, 0.4) is 0 Å². The summed E-state index contributed by atoms with van der Waals surface area (Å²) < 4.78 is 0. The number of thiazole rings is 1. The van der Waals surface area contributed by atoms with Crippen LogP contribution < -0.4 is 5.32 Å². The lowest BCUT2D eigenvalue weighted by molar-refractivity contribution is 0.160. The number of hydrogen-bond donors (Lipinski definition) is 2. The number of hydrogen-bond acceptors (Lipinski definition) is 4. The Kier molecular flexibility index (Phi) is 7.16. The third kappa shape index (κ3) is 4.03. The number of nitrogens with one attached hydrogen (secondary N) is 1. The van der Waals surface area contributed by atoms with Crippen LogP contribution in [0, 0.1) is 0 Å². The Balaban J connectivity index is 0.000000462. The van der Waals surface area contributed by atoms with Crippen molar-refractivity contribution in [1.82, 2.24) is 10.3 Å². The average Bonchev–Trinajstić information content (AvgIpc) is 2.86. The number of nitrogens with zero attached hydrogens (tertiary/aromatic N) is 1. The molecule has 3 rings (SSSR count). The Morgan fingerprint density at radius 1 is 1.25 bits per heavy atom. The minimum Gasteiger partial charge on any atom is -0.388 e. The highest BCUT2D eigenvalue weighted by Crippen LogP contribution is 2.37. The summed E-state index contributed by atoms with van der Waals surface area (Å²) in [6.07, 6.45) is 2.64. The van der Waals surface area contributed by atoms with E-state index in [0.29, 0.717) is 0 Å². The molecule has 0 saturated carbocycles. The number of aromatic nitrogens is 1. The van der Waals surface area contributed by atoms with Gasteiger partial charge in [-0.1, -0.05) is 30.3 Å². The SMILES string of the molecule is CNC.Cl.OC1CCCc2nc(-c3ccccc3)sc21. The minimum atomic E-state index is -0.293. The van der Waals surface area contributed by atoms with Gasteiger partial charge in [-0.05, 0) is 33.4 Å². The van der Waals surface area contributed by atoms with E-state index in [2.05, 4.69) is 22.4 Å². The van der Waals surface area contributed by atoms with Crippen molar-refractivity contribution >= 4 is 23.7 Å². The molecule has 1 aliphatic rings. The molecule has 20 heavy (non-hydrogen) atoms. The molecule has 0 fully saturated rings. The summed E-state index contributed by atoms with van der Waals surface area (Å²) >= 11 is 1.64. The van der Waals surface area contributed by atoms with E-state index in [9.17, 15) is 5.11 Å². The molecule has 1 heterocycles. The second kappa shape index (κ2) is 8.37. The average molecular weight is 313 g/mol. The molecule has 0 amide bonds. The Labute approximate surface area is 130 Å².